The van der Waals surface area contributed by atoms with Gasteiger partial charge in [0.05, 0.1) is 23.9 Å². The maximum atomic E-state index is 14.7. The fourth-order valence-electron chi connectivity index (χ4n) is 3.39. The van der Waals surface area contributed by atoms with Crippen LogP contribution >= 0.6 is 0 Å². The third-order valence-corrected chi connectivity index (χ3v) is 4.75. The number of aliphatic hydroxyl groups is 1. The molecule has 3 heterocycles. The SMILES string of the molecule is O=C1C(=O)N(Cc2ccccn2)C(c2ccccc2F)/C1=C(/O)c1ccncc1. The third kappa shape index (κ3) is 3.38. The van der Waals surface area contributed by atoms with Crippen LogP contribution in [0, 0.1) is 5.82 Å². The lowest BCUT2D eigenvalue weighted by molar-refractivity contribution is -0.140. The van der Waals surface area contributed by atoms with Gasteiger partial charge in [0.2, 0.25) is 0 Å². The quantitative estimate of drug-likeness (QED) is 0.421. The van der Waals surface area contributed by atoms with Crippen molar-refractivity contribution in [3.63, 3.8) is 0 Å². The number of ketones is 1. The van der Waals surface area contributed by atoms with Gasteiger partial charge in [0.25, 0.3) is 11.7 Å². The molecule has 1 aromatic carbocycles. The number of benzene rings is 1. The van der Waals surface area contributed by atoms with Crippen LogP contribution in [-0.2, 0) is 16.1 Å². The first-order valence-corrected chi connectivity index (χ1v) is 8.91. The molecule has 3 aromatic rings. The monoisotopic (exact) mass is 389 g/mol. The fourth-order valence-corrected chi connectivity index (χ4v) is 3.39. The van der Waals surface area contributed by atoms with Gasteiger partial charge in [-0.15, -0.1) is 0 Å². The molecule has 0 saturated carbocycles. The summed E-state index contributed by atoms with van der Waals surface area (Å²) in [6, 6.07) is 13.0. The van der Waals surface area contributed by atoms with E-state index in [2.05, 4.69) is 9.97 Å². The van der Waals surface area contributed by atoms with Crippen LogP contribution in [0.25, 0.3) is 5.76 Å². The number of rotatable bonds is 4. The van der Waals surface area contributed by atoms with E-state index in [-0.39, 0.29) is 23.4 Å². The number of likely N-dealkylation sites (tertiary alicyclic amines) is 1. The normalized spacial score (nSPS) is 18.2. The van der Waals surface area contributed by atoms with Crippen molar-refractivity contribution in [2.75, 3.05) is 0 Å². The van der Waals surface area contributed by atoms with Gasteiger partial charge in [-0.2, -0.15) is 0 Å². The van der Waals surface area contributed by atoms with Crippen LogP contribution in [0.4, 0.5) is 4.39 Å². The summed E-state index contributed by atoms with van der Waals surface area (Å²) >= 11 is 0. The van der Waals surface area contributed by atoms with Gasteiger partial charge in [-0.25, -0.2) is 4.39 Å². The Hall–Kier alpha value is -3.87. The first-order valence-electron chi connectivity index (χ1n) is 8.91. The summed E-state index contributed by atoms with van der Waals surface area (Å²) in [5.74, 6) is -2.64. The molecule has 1 N–H and O–H groups in total. The van der Waals surface area contributed by atoms with Crippen molar-refractivity contribution in [1.82, 2.24) is 14.9 Å². The minimum absolute atomic E-state index is 0.00244. The van der Waals surface area contributed by atoms with E-state index in [1.54, 1.807) is 30.5 Å². The standard InChI is InChI=1S/C22H16FN3O3/c23-17-7-2-1-6-16(17)19-18(20(27)14-8-11-24-12-9-14)21(28)22(29)26(19)13-15-5-3-4-10-25-15/h1-12,19,27H,13H2/b20-18-. The van der Waals surface area contributed by atoms with Crippen molar-refractivity contribution in [2.45, 2.75) is 12.6 Å². The summed E-state index contributed by atoms with van der Waals surface area (Å²) in [5.41, 5.74) is 0.817. The molecule has 1 saturated heterocycles. The first kappa shape index (κ1) is 18.5. The number of hydrogen-bond donors (Lipinski definition) is 1. The van der Waals surface area contributed by atoms with Gasteiger partial charge in [0.15, 0.2) is 0 Å². The molecule has 1 fully saturated rings. The van der Waals surface area contributed by atoms with Crippen LogP contribution in [-0.4, -0.2) is 31.7 Å². The third-order valence-electron chi connectivity index (χ3n) is 4.75. The van der Waals surface area contributed by atoms with Crippen LogP contribution in [0.3, 0.4) is 0 Å². The molecule has 0 bridgehead atoms. The summed E-state index contributed by atoms with van der Waals surface area (Å²) < 4.78 is 14.7. The smallest absolute Gasteiger partial charge is 0.296 e. The molecule has 1 atom stereocenters. The summed E-state index contributed by atoms with van der Waals surface area (Å²) in [5, 5.41) is 10.8. The predicted octanol–water partition coefficient (Wildman–Crippen LogP) is 3.24. The molecule has 7 heteroatoms. The van der Waals surface area contributed by atoms with Gasteiger partial charge in [0, 0.05) is 29.7 Å². The average Bonchev–Trinajstić information content (AvgIpc) is 3.00. The molecule has 1 unspecified atom stereocenters. The maximum Gasteiger partial charge on any atom is 0.296 e. The largest absolute Gasteiger partial charge is 0.507 e. The lowest BCUT2D eigenvalue weighted by Gasteiger charge is -2.25. The number of carbonyl (C=O) groups excluding carboxylic acids is 2. The summed E-state index contributed by atoms with van der Waals surface area (Å²) in [6.45, 7) is -0.00244. The number of amides is 1. The van der Waals surface area contributed by atoms with E-state index in [9.17, 15) is 19.1 Å². The zero-order valence-electron chi connectivity index (χ0n) is 15.2. The first-order chi connectivity index (χ1) is 14.1. The summed E-state index contributed by atoms with van der Waals surface area (Å²) in [4.78, 5) is 35.0. The number of carbonyl (C=O) groups is 2. The number of hydrogen-bond acceptors (Lipinski definition) is 5. The van der Waals surface area contributed by atoms with Crippen molar-refractivity contribution < 1.29 is 19.1 Å². The number of pyridine rings is 2. The Morgan fingerprint density at radius 1 is 1.00 bits per heavy atom. The lowest BCUT2D eigenvalue weighted by Crippen LogP contribution is -2.30. The van der Waals surface area contributed by atoms with E-state index in [0.29, 0.717) is 11.3 Å². The molecular formula is C22H16FN3O3. The Morgan fingerprint density at radius 2 is 1.72 bits per heavy atom. The van der Waals surface area contributed by atoms with E-state index in [1.807, 2.05) is 0 Å². The minimum Gasteiger partial charge on any atom is -0.507 e. The maximum absolute atomic E-state index is 14.7. The molecular weight excluding hydrogens is 373 g/mol. The highest BCUT2D eigenvalue weighted by atomic mass is 19.1. The second-order valence-electron chi connectivity index (χ2n) is 6.51. The second-order valence-corrected chi connectivity index (χ2v) is 6.51. The minimum atomic E-state index is -1.08. The van der Waals surface area contributed by atoms with Crippen LogP contribution in [0.15, 0.2) is 78.8 Å². The van der Waals surface area contributed by atoms with E-state index in [0.717, 1.165) is 0 Å². The Morgan fingerprint density at radius 3 is 2.41 bits per heavy atom. The Kier molecular flexibility index (Phi) is 4.87. The summed E-state index contributed by atoms with van der Waals surface area (Å²) in [6.07, 6.45) is 4.48. The van der Waals surface area contributed by atoms with Gasteiger partial charge >= 0.3 is 0 Å². The number of aromatic nitrogens is 2. The number of Topliss-reactive ketones (excluding diaryl/α,β-unsaturated/α-hetero) is 1. The van der Waals surface area contributed by atoms with Crippen LogP contribution < -0.4 is 0 Å². The Balaban J connectivity index is 1.89. The van der Waals surface area contributed by atoms with Crippen LogP contribution in [0.1, 0.15) is 22.9 Å². The van der Waals surface area contributed by atoms with Crippen LogP contribution in [0.2, 0.25) is 0 Å². The topological polar surface area (TPSA) is 83.4 Å². The van der Waals surface area contributed by atoms with Gasteiger partial charge in [0.1, 0.15) is 11.6 Å². The van der Waals surface area contributed by atoms with E-state index < -0.39 is 23.5 Å². The Labute approximate surface area is 166 Å². The van der Waals surface area contributed by atoms with Crippen molar-refractivity contribution in [1.29, 1.82) is 0 Å². The van der Waals surface area contributed by atoms with Crippen molar-refractivity contribution in [3.05, 3.63) is 101 Å². The molecule has 1 amide bonds. The van der Waals surface area contributed by atoms with Crippen molar-refractivity contribution in [3.8, 4) is 0 Å². The average molecular weight is 389 g/mol. The van der Waals surface area contributed by atoms with Gasteiger partial charge in [-0.05, 0) is 30.3 Å². The molecule has 0 aliphatic carbocycles. The molecule has 144 valence electrons. The molecule has 0 radical (unpaired) electrons. The highest BCUT2D eigenvalue weighted by Gasteiger charge is 2.47. The molecule has 29 heavy (non-hydrogen) atoms. The van der Waals surface area contributed by atoms with E-state index >= 15 is 0 Å². The molecule has 0 spiro atoms. The van der Waals surface area contributed by atoms with E-state index in [4.69, 9.17) is 0 Å². The second kappa shape index (κ2) is 7.63. The highest BCUT2D eigenvalue weighted by molar-refractivity contribution is 6.46. The molecule has 1 aliphatic rings. The fraction of sp³-hybridized carbons (Fsp3) is 0.0909. The predicted molar refractivity (Wildman–Crippen MR) is 103 cm³/mol. The van der Waals surface area contributed by atoms with Gasteiger partial charge in [-0.3, -0.25) is 19.6 Å². The van der Waals surface area contributed by atoms with Crippen LogP contribution in [0.5, 0.6) is 0 Å². The lowest BCUT2D eigenvalue weighted by atomic mass is 9.95. The zero-order valence-corrected chi connectivity index (χ0v) is 15.2. The highest BCUT2D eigenvalue weighted by Crippen LogP contribution is 2.40. The molecule has 4 rings (SSSR count). The van der Waals surface area contributed by atoms with Gasteiger partial charge < -0.3 is 10.0 Å². The molecule has 6 nitrogen and oxygen atoms in total. The van der Waals surface area contributed by atoms with Gasteiger partial charge in [-0.1, -0.05) is 24.3 Å². The van der Waals surface area contributed by atoms with Crippen molar-refractivity contribution in [2.24, 2.45) is 0 Å². The number of aliphatic hydroxyl groups excluding tert-OH is 1. The zero-order chi connectivity index (χ0) is 20.4. The number of halogens is 1. The summed E-state index contributed by atoms with van der Waals surface area (Å²) in [7, 11) is 0. The van der Waals surface area contributed by atoms with Crippen molar-refractivity contribution >= 4 is 17.4 Å². The molecule has 2 aromatic heterocycles. The van der Waals surface area contributed by atoms with E-state index in [1.165, 1.54) is 47.6 Å². The molecule has 1 aliphatic heterocycles. The Bertz CT molecular complexity index is 1100. The number of nitrogens with zero attached hydrogens (tertiary/aromatic N) is 3.